The highest BCUT2D eigenvalue weighted by atomic mass is 79.9. The second-order valence-electron chi connectivity index (χ2n) is 4.70. The second-order valence-corrected chi connectivity index (χ2v) is 5.62. The highest BCUT2D eigenvalue weighted by Gasteiger charge is 2.05. The molecule has 0 radical (unpaired) electrons. The van der Waals surface area contributed by atoms with Gasteiger partial charge in [0, 0.05) is 16.1 Å². The highest BCUT2D eigenvalue weighted by Crippen LogP contribution is 2.26. The van der Waals surface area contributed by atoms with E-state index in [4.69, 9.17) is 9.47 Å². The number of fused-ring (bicyclic) bond motifs is 1. The van der Waals surface area contributed by atoms with Crippen molar-refractivity contribution in [3.8, 4) is 11.5 Å². The van der Waals surface area contributed by atoms with Gasteiger partial charge >= 0.3 is 0 Å². The van der Waals surface area contributed by atoms with Crippen molar-refractivity contribution < 1.29 is 9.47 Å². The van der Waals surface area contributed by atoms with E-state index in [0.29, 0.717) is 6.61 Å². The van der Waals surface area contributed by atoms with Crippen LogP contribution in [0.25, 0.3) is 10.9 Å². The van der Waals surface area contributed by atoms with Gasteiger partial charge in [0.15, 0.2) is 0 Å². The first-order chi connectivity index (χ1) is 10.3. The van der Waals surface area contributed by atoms with Gasteiger partial charge in [-0.05, 0) is 42.5 Å². The van der Waals surface area contributed by atoms with E-state index in [1.807, 2.05) is 36.4 Å². The molecule has 3 nitrogen and oxygen atoms in total. The van der Waals surface area contributed by atoms with E-state index in [1.165, 1.54) is 0 Å². The number of halogens is 1. The van der Waals surface area contributed by atoms with E-state index in [2.05, 4.69) is 38.8 Å². The van der Waals surface area contributed by atoms with E-state index in [9.17, 15) is 0 Å². The van der Waals surface area contributed by atoms with Gasteiger partial charge in [-0.25, -0.2) is 0 Å². The molecular formula is C17H16BrNO2. The fourth-order valence-corrected chi connectivity index (χ4v) is 2.63. The van der Waals surface area contributed by atoms with Gasteiger partial charge in [-0.1, -0.05) is 22.0 Å². The molecule has 0 amide bonds. The van der Waals surface area contributed by atoms with Crippen LogP contribution >= 0.6 is 15.9 Å². The molecule has 3 rings (SSSR count). The van der Waals surface area contributed by atoms with E-state index < -0.39 is 0 Å². The molecule has 0 unspecified atom stereocenters. The van der Waals surface area contributed by atoms with Gasteiger partial charge in [0.1, 0.15) is 18.1 Å². The molecule has 0 aliphatic heterocycles. The first kappa shape index (κ1) is 14.0. The van der Waals surface area contributed by atoms with Crippen LogP contribution < -0.4 is 9.47 Å². The molecule has 1 heterocycles. The Labute approximate surface area is 132 Å². The van der Waals surface area contributed by atoms with Crippen molar-refractivity contribution in [2.45, 2.75) is 6.54 Å². The lowest BCUT2D eigenvalue weighted by Crippen LogP contribution is -2.07. The van der Waals surface area contributed by atoms with Crippen LogP contribution in [0.15, 0.2) is 59.2 Å². The van der Waals surface area contributed by atoms with Crippen LogP contribution in [-0.4, -0.2) is 18.3 Å². The quantitative estimate of drug-likeness (QED) is 0.679. The number of ether oxygens (including phenoxy) is 2. The van der Waals surface area contributed by atoms with Gasteiger partial charge in [-0.3, -0.25) is 0 Å². The first-order valence-electron chi connectivity index (χ1n) is 6.78. The van der Waals surface area contributed by atoms with Gasteiger partial charge in [0.05, 0.1) is 19.2 Å². The van der Waals surface area contributed by atoms with Crippen LogP contribution in [0.1, 0.15) is 0 Å². The molecule has 0 spiro atoms. The van der Waals surface area contributed by atoms with E-state index in [0.717, 1.165) is 33.4 Å². The molecule has 0 aliphatic carbocycles. The number of hydrogen-bond acceptors (Lipinski definition) is 2. The number of rotatable bonds is 5. The average Bonchev–Trinajstić information content (AvgIpc) is 2.92. The Kier molecular flexibility index (Phi) is 4.15. The molecule has 1 aromatic heterocycles. The van der Waals surface area contributed by atoms with Crippen LogP contribution in [-0.2, 0) is 6.54 Å². The number of aromatic nitrogens is 1. The fraction of sp³-hybridized carbons (Fsp3) is 0.176. The van der Waals surface area contributed by atoms with Crippen molar-refractivity contribution in [3.05, 3.63) is 59.2 Å². The van der Waals surface area contributed by atoms with Crippen molar-refractivity contribution in [1.29, 1.82) is 0 Å². The molecular weight excluding hydrogens is 330 g/mol. The van der Waals surface area contributed by atoms with Crippen LogP contribution in [0.3, 0.4) is 0 Å². The first-order valence-corrected chi connectivity index (χ1v) is 7.57. The van der Waals surface area contributed by atoms with Crippen molar-refractivity contribution in [1.82, 2.24) is 4.57 Å². The Balaban J connectivity index is 1.69. The monoisotopic (exact) mass is 345 g/mol. The van der Waals surface area contributed by atoms with E-state index >= 15 is 0 Å². The second kappa shape index (κ2) is 6.22. The molecule has 0 saturated carbocycles. The topological polar surface area (TPSA) is 23.4 Å². The van der Waals surface area contributed by atoms with Gasteiger partial charge in [-0.15, -0.1) is 0 Å². The van der Waals surface area contributed by atoms with Gasteiger partial charge in [0.2, 0.25) is 0 Å². The Bertz CT molecular complexity index is 734. The van der Waals surface area contributed by atoms with Crippen LogP contribution in [0.2, 0.25) is 0 Å². The third-order valence-corrected chi connectivity index (χ3v) is 3.94. The number of benzene rings is 2. The maximum absolute atomic E-state index is 5.77. The van der Waals surface area contributed by atoms with Gasteiger partial charge in [0.25, 0.3) is 0 Å². The zero-order chi connectivity index (χ0) is 14.7. The summed E-state index contributed by atoms with van der Waals surface area (Å²) in [4.78, 5) is 0. The summed E-state index contributed by atoms with van der Waals surface area (Å²) in [5.74, 6) is 1.78. The third-order valence-electron chi connectivity index (χ3n) is 3.41. The lowest BCUT2D eigenvalue weighted by molar-refractivity contribution is 0.300. The molecule has 0 atom stereocenters. The molecule has 0 fully saturated rings. The number of nitrogens with zero attached hydrogens (tertiary/aromatic N) is 1. The largest absolute Gasteiger partial charge is 0.496 e. The molecule has 2 aromatic carbocycles. The van der Waals surface area contributed by atoms with Crippen LogP contribution in [0.4, 0.5) is 0 Å². The summed E-state index contributed by atoms with van der Waals surface area (Å²) in [6, 6.07) is 16.0. The van der Waals surface area contributed by atoms with Gasteiger partial charge in [-0.2, -0.15) is 0 Å². The standard InChI is InChI=1S/C17H16BrNO2/c1-20-17-4-2-3-16-15(17)9-10-19(16)11-12-21-14-7-5-13(18)6-8-14/h2-10H,11-12H2,1H3. The highest BCUT2D eigenvalue weighted by molar-refractivity contribution is 9.10. The molecule has 108 valence electrons. The minimum Gasteiger partial charge on any atom is -0.496 e. The van der Waals surface area contributed by atoms with E-state index in [1.54, 1.807) is 7.11 Å². The van der Waals surface area contributed by atoms with Crippen LogP contribution in [0, 0.1) is 0 Å². The minimum absolute atomic E-state index is 0.628. The molecule has 0 aliphatic rings. The van der Waals surface area contributed by atoms with Crippen molar-refractivity contribution in [3.63, 3.8) is 0 Å². The third kappa shape index (κ3) is 3.05. The molecule has 3 aromatic rings. The summed E-state index contributed by atoms with van der Waals surface area (Å²) in [6.45, 7) is 1.43. The van der Waals surface area contributed by atoms with E-state index in [-0.39, 0.29) is 0 Å². The molecule has 0 bridgehead atoms. The predicted molar refractivity (Wildman–Crippen MR) is 88.1 cm³/mol. The molecule has 4 heteroatoms. The summed E-state index contributed by atoms with van der Waals surface area (Å²) in [5, 5.41) is 1.13. The normalized spacial score (nSPS) is 10.8. The van der Waals surface area contributed by atoms with Gasteiger partial charge < -0.3 is 14.0 Å². The number of methoxy groups -OCH3 is 1. The summed E-state index contributed by atoms with van der Waals surface area (Å²) >= 11 is 3.41. The summed E-state index contributed by atoms with van der Waals surface area (Å²) in [7, 11) is 1.70. The predicted octanol–water partition coefficient (Wildman–Crippen LogP) is 4.49. The molecule has 0 saturated heterocycles. The SMILES string of the molecule is COc1cccc2c1ccn2CCOc1ccc(Br)cc1. The zero-order valence-electron chi connectivity index (χ0n) is 11.8. The Morgan fingerprint density at radius 3 is 2.62 bits per heavy atom. The maximum atomic E-state index is 5.77. The lowest BCUT2D eigenvalue weighted by Gasteiger charge is -2.09. The van der Waals surface area contributed by atoms with Crippen molar-refractivity contribution >= 4 is 26.8 Å². The fourth-order valence-electron chi connectivity index (χ4n) is 2.36. The number of hydrogen-bond donors (Lipinski definition) is 0. The Morgan fingerprint density at radius 2 is 1.86 bits per heavy atom. The van der Waals surface area contributed by atoms with Crippen molar-refractivity contribution in [2.24, 2.45) is 0 Å². The smallest absolute Gasteiger partial charge is 0.128 e. The summed E-state index contributed by atoms with van der Waals surface area (Å²) < 4.78 is 14.4. The minimum atomic E-state index is 0.628. The average molecular weight is 346 g/mol. The summed E-state index contributed by atoms with van der Waals surface area (Å²) in [5.41, 5.74) is 1.16. The molecule has 0 N–H and O–H groups in total. The molecule has 21 heavy (non-hydrogen) atoms. The maximum Gasteiger partial charge on any atom is 0.128 e. The zero-order valence-corrected chi connectivity index (χ0v) is 13.3. The summed E-state index contributed by atoms with van der Waals surface area (Å²) in [6.07, 6.45) is 2.07. The van der Waals surface area contributed by atoms with Crippen molar-refractivity contribution in [2.75, 3.05) is 13.7 Å². The Morgan fingerprint density at radius 1 is 1.05 bits per heavy atom. The lowest BCUT2D eigenvalue weighted by atomic mass is 10.2. The Hall–Kier alpha value is -1.94. The van der Waals surface area contributed by atoms with Crippen LogP contribution in [0.5, 0.6) is 11.5 Å².